The average molecular weight is 301 g/mol. The molecule has 1 aromatic heterocycles. The first-order valence-corrected chi connectivity index (χ1v) is 9.15. The van der Waals surface area contributed by atoms with Gasteiger partial charge in [0.05, 0.1) is 5.25 Å². The number of hydrogen-bond acceptors (Lipinski definition) is 6. The second-order valence-corrected chi connectivity index (χ2v) is 7.69. The molecule has 0 saturated carbocycles. The fourth-order valence-corrected chi connectivity index (χ4v) is 4.67. The smallest absolute Gasteiger partial charge is 0.229 e. The standard InChI is InChI=1S/C13H23N3OS2/c1-9(4-3-5-10(2)14)13-15-12(16-17-13)11-8-18-6-7-19-11/h9-11H,3-8,14H2,1-2H3. The van der Waals surface area contributed by atoms with Crippen molar-refractivity contribution in [3.8, 4) is 0 Å². The Morgan fingerprint density at radius 3 is 2.89 bits per heavy atom. The van der Waals surface area contributed by atoms with Crippen LogP contribution in [-0.2, 0) is 0 Å². The first-order valence-electron chi connectivity index (χ1n) is 6.95. The van der Waals surface area contributed by atoms with E-state index in [2.05, 4.69) is 17.1 Å². The number of nitrogens with zero attached hydrogens (tertiary/aromatic N) is 2. The molecule has 1 fully saturated rings. The maximum atomic E-state index is 5.76. The Bertz CT molecular complexity index is 378. The highest BCUT2D eigenvalue weighted by molar-refractivity contribution is 8.06. The minimum absolute atomic E-state index is 0.279. The molecular weight excluding hydrogens is 278 g/mol. The van der Waals surface area contributed by atoms with Gasteiger partial charge in [-0.05, 0) is 19.8 Å². The Hall–Kier alpha value is -0.200. The minimum Gasteiger partial charge on any atom is -0.339 e. The molecule has 3 unspecified atom stereocenters. The summed E-state index contributed by atoms with van der Waals surface area (Å²) in [6.45, 7) is 4.20. The summed E-state index contributed by atoms with van der Waals surface area (Å²) in [5, 5.41) is 4.57. The van der Waals surface area contributed by atoms with Gasteiger partial charge in [0.1, 0.15) is 0 Å². The molecule has 0 aromatic carbocycles. The molecule has 2 N–H and O–H groups in total. The number of thioether (sulfide) groups is 2. The van der Waals surface area contributed by atoms with E-state index in [0.717, 1.165) is 36.7 Å². The third kappa shape index (κ3) is 4.68. The van der Waals surface area contributed by atoms with Crippen molar-refractivity contribution in [3.63, 3.8) is 0 Å². The number of aromatic nitrogens is 2. The van der Waals surface area contributed by atoms with Gasteiger partial charge in [-0.25, -0.2) is 0 Å². The molecule has 0 aliphatic carbocycles. The Morgan fingerprint density at radius 1 is 1.37 bits per heavy atom. The molecule has 0 amide bonds. The van der Waals surface area contributed by atoms with Gasteiger partial charge < -0.3 is 10.3 Å². The molecule has 1 aliphatic rings. The Morgan fingerprint density at radius 2 is 2.21 bits per heavy atom. The van der Waals surface area contributed by atoms with Crippen LogP contribution in [0.25, 0.3) is 0 Å². The third-order valence-electron chi connectivity index (χ3n) is 3.28. The molecule has 2 heterocycles. The van der Waals surface area contributed by atoms with E-state index in [9.17, 15) is 0 Å². The quantitative estimate of drug-likeness (QED) is 0.870. The molecule has 2 rings (SSSR count). The number of rotatable bonds is 6. The molecule has 108 valence electrons. The van der Waals surface area contributed by atoms with E-state index in [-0.39, 0.29) is 6.04 Å². The van der Waals surface area contributed by atoms with E-state index in [4.69, 9.17) is 10.3 Å². The van der Waals surface area contributed by atoms with Crippen LogP contribution in [0.2, 0.25) is 0 Å². The van der Waals surface area contributed by atoms with Crippen LogP contribution >= 0.6 is 23.5 Å². The third-order valence-corrected chi connectivity index (χ3v) is 6.03. The molecule has 1 aliphatic heterocycles. The normalized spacial score (nSPS) is 23.2. The predicted octanol–water partition coefficient (Wildman–Crippen LogP) is 3.21. The minimum atomic E-state index is 0.279. The Kier molecular flexibility index (Phi) is 6.04. The first-order chi connectivity index (χ1) is 9.16. The molecular formula is C13H23N3OS2. The molecule has 1 saturated heterocycles. The maximum Gasteiger partial charge on any atom is 0.229 e. The van der Waals surface area contributed by atoms with Gasteiger partial charge >= 0.3 is 0 Å². The van der Waals surface area contributed by atoms with Crippen molar-refractivity contribution in [1.29, 1.82) is 0 Å². The van der Waals surface area contributed by atoms with E-state index >= 15 is 0 Å². The second-order valence-electron chi connectivity index (χ2n) is 5.23. The van der Waals surface area contributed by atoms with Gasteiger partial charge in [0.25, 0.3) is 0 Å². The summed E-state index contributed by atoms with van der Waals surface area (Å²) >= 11 is 3.92. The van der Waals surface area contributed by atoms with Gasteiger partial charge in [0.2, 0.25) is 5.89 Å². The molecule has 19 heavy (non-hydrogen) atoms. The van der Waals surface area contributed by atoms with Gasteiger partial charge in [-0.15, -0.1) is 11.8 Å². The summed E-state index contributed by atoms with van der Waals surface area (Å²) in [4.78, 5) is 4.59. The van der Waals surface area contributed by atoms with Crippen molar-refractivity contribution >= 4 is 23.5 Å². The van der Waals surface area contributed by atoms with Crippen molar-refractivity contribution in [3.05, 3.63) is 11.7 Å². The molecule has 0 spiro atoms. The Balaban J connectivity index is 1.85. The van der Waals surface area contributed by atoms with Crippen LogP contribution in [0.5, 0.6) is 0 Å². The highest BCUT2D eigenvalue weighted by Crippen LogP contribution is 2.35. The molecule has 4 nitrogen and oxygen atoms in total. The van der Waals surface area contributed by atoms with Gasteiger partial charge in [-0.1, -0.05) is 18.5 Å². The van der Waals surface area contributed by atoms with Crippen LogP contribution in [-0.4, -0.2) is 33.4 Å². The lowest BCUT2D eigenvalue weighted by atomic mass is 10.0. The fourth-order valence-electron chi connectivity index (χ4n) is 2.08. The molecule has 3 atom stereocenters. The zero-order valence-electron chi connectivity index (χ0n) is 11.7. The van der Waals surface area contributed by atoms with E-state index in [1.54, 1.807) is 0 Å². The van der Waals surface area contributed by atoms with Crippen LogP contribution in [0.3, 0.4) is 0 Å². The lowest BCUT2D eigenvalue weighted by Gasteiger charge is -2.17. The highest BCUT2D eigenvalue weighted by atomic mass is 32.2. The van der Waals surface area contributed by atoms with Crippen LogP contribution < -0.4 is 5.73 Å². The zero-order chi connectivity index (χ0) is 13.7. The van der Waals surface area contributed by atoms with Gasteiger partial charge in [0.15, 0.2) is 5.82 Å². The molecule has 1 aromatic rings. The van der Waals surface area contributed by atoms with Gasteiger partial charge in [-0.2, -0.15) is 16.7 Å². The summed E-state index contributed by atoms with van der Waals surface area (Å²) in [5.74, 6) is 5.52. The maximum absolute atomic E-state index is 5.76. The van der Waals surface area contributed by atoms with Crippen LogP contribution in [0, 0.1) is 0 Å². The molecule has 0 radical (unpaired) electrons. The predicted molar refractivity (Wildman–Crippen MR) is 82.7 cm³/mol. The highest BCUT2D eigenvalue weighted by Gasteiger charge is 2.23. The largest absolute Gasteiger partial charge is 0.339 e. The lowest BCUT2D eigenvalue weighted by molar-refractivity contribution is 0.346. The number of nitrogens with two attached hydrogens (primary N) is 1. The van der Waals surface area contributed by atoms with Gasteiger partial charge in [0, 0.05) is 29.2 Å². The monoisotopic (exact) mass is 301 g/mol. The molecule has 6 heteroatoms. The van der Waals surface area contributed by atoms with Crippen LogP contribution in [0.15, 0.2) is 4.52 Å². The second kappa shape index (κ2) is 7.55. The van der Waals surface area contributed by atoms with E-state index in [1.807, 2.05) is 30.4 Å². The first kappa shape index (κ1) is 15.2. The summed E-state index contributed by atoms with van der Waals surface area (Å²) in [7, 11) is 0. The topological polar surface area (TPSA) is 64.9 Å². The Labute approximate surface area is 123 Å². The average Bonchev–Trinajstić information content (AvgIpc) is 2.89. The summed E-state index contributed by atoms with van der Waals surface area (Å²) < 4.78 is 5.42. The lowest BCUT2D eigenvalue weighted by Crippen LogP contribution is -2.14. The molecule has 0 bridgehead atoms. The summed E-state index contributed by atoms with van der Waals surface area (Å²) in [5.41, 5.74) is 5.76. The van der Waals surface area contributed by atoms with Crippen molar-refractivity contribution in [2.45, 2.75) is 50.3 Å². The van der Waals surface area contributed by atoms with E-state index in [0.29, 0.717) is 11.2 Å². The van der Waals surface area contributed by atoms with Crippen molar-refractivity contribution in [2.75, 3.05) is 17.3 Å². The van der Waals surface area contributed by atoms with E-state index < -0.39 is 0 Å². The van der Waals surface area contributed by atoms with Crippen molar-refractivity contribution < 1.29 is 4.52 Å². The van der Waals surface area contributed by atoms with Crippen LogP contribution in [0.4, 0.5) is 0 Å². The zero-order valence-corrected chi connectivity index (χ0v) is 13.3. The fraction of sp³-hybridized carbons (Fsp3) is 0.846. The summed E-state index contributed by atoms with van der Waals surface area (Å²) in [6.07, 6.45) is 3.24. The van der Waals surface area contributed by atoms with Crippen molar-refractivity contribution in [1.82, 2.24) is 10.1 Å². The SMILES string of the molecule is CC(N)CCCC(C)c1nc(C2CSCCS2)no1. The van der Waals surface area contributed by atoms with Gasteiger partial charge in [-0.3, -0.25) is 0 Å². The summed E-state index contributed by atoms with van der Waals surface area (Å²) in [6, 6.07) is 0.279. The number of hydrogen-bond donors (Lipinski definition) is 1. The van der Waals surface area contributed by atoms with E-state index in [1.165, 1.54) is 11.5 Å². The van der Waals surface area contributed by atoms with Crippen LogP contribution in [0.1, 0.15) is 56.0 Å². The van der Waals surface area contributed by atoms with Crippen molar-refractivity contribution in [2.24, 2.45) is 5.73 Å².